The maximum absolute atomic E-state index is 6.06. The van der Waals surface area contributed by atoms with Gasteiger partial charge in [-0.2, -0.15) is 0 Å². The monoisotopic (exact) mass is 247 g/mol. The number of nitrogens with one attached hydrogen (secondary N) is 1. The van der Waals surface area contributed by atoms with Crippen LogP contribution in [0.15, 0.2) is 23.2 Å². The van der Waals surface area contributed by atoms with Crippen LogP contribution < -0.4 is 11.1 Å². The molecule has 1 heterocycles. The van der Waals surface area contributed by atoms with E-state index in [4.69, 9.17) is 15.5 Å². The van der Waals surface area contributed by atoms with Crippen molar-refractivity contribution in [1.29, 1.82) is 0 Å². The Morgan fingerprint density at radius 1 is 1.39 bits per heavy atom. The summed E-state index contributed by atoms with van der Waals surface area (Å²) in [5.74, 6) is 0. The molecule has 0 radical (unpaired) electrons. The molecule has 0 bridgehead atoms. The van der Waals surface area contributed by atoms with Crippen LogP contribution in [0.25, 0.3) is 0 Å². The van der Waals surface area contributed by atoms with Crippen molar-refractivity contribution in [3.63, 3.8) is 0 Å². The van der Waals surface area contributed by atoms with E-state index in [2.05, 4.69) is 5.32 Å². The number of nitrogen functional groups attached to an aromatic ring is 1. The van der Waals surface area contributed by atoms with E-state index in [-0.39, 0.29) is 0 Å². The van der Waals surface area contributed by atoms with Gasteiger partial charge >= 0.3 is 0 Å². The van der Waals surface area contributed by atoms with Gasteiger partial charge in [0.05, 0.1) is 6.04 Å². The lowest BCUT2D eigenvalue weighted by Gasteiger charge is -2.19. The minimum atomic E-state index is 0.377. The van der Waals surface area contributed by atoms with Crippen molar-refractivity contribution in [2.45, 2.75) is 25.8 Å². The Morgan fingerprint density at radius 2 is 2.11 bits per heavy atom. The second-order valence-electron chi connectivity index (χ2n) is 4.61. The SMILES string of the molecule is CNc1ccc(C(C)=NC2CCOCC2)c(N)c1. The third kappa shape index (κ3) is 3.01. The highest BCUT2D eigenvalue weighted by molar-refractivity contribution is 6.03. The Labute approximate surface area is 108 Å². The normalized spacial score (nSPS) is 17.8. The predicted molar refractivity (Wildman–Crippen MR) is 76.5 cm³/mol. The largest absolute Gasteiger partial charge is 0.398 e. The molecule has 18 heavy (non-hydrogen) atoms. The number of benzene rings is 1. The van der Waals surface area contributed by atoms with E-state index in [1.54, 1.807) is 0 Å². The zero-order chi connectivity index (χ0) is 13.0. The number of ether oxygens (including phenoxy) is 1. The maximum Gasteiger partial charge on any atom is 0.0546 e. The van der Waals surface area contributed by atoms with Crippen LogP contribution in [-0.4, -0.2) is 32.0 Å². The Morgan fingerprint density at radius 3 is 2.72 bits per heavy atom. The molecule has 1 aromatic carbocycles. The molecule has 0 amide bonds. The minimum absolute atomic E-state index is 0.377. The van der Waals surface area contributed by atoms with Gasteiger partial charge in [-0.05, 0) is 38.0 Å². The fourth-order valence-electron chi connectivity index (χ4n) is 2.21. The van der Waals surface area contributed by atoms with Crippen LogP contribution in [0.5, 0.6) is 0 Å². The van der Waals surface area contributed by atoms with Gasteiger partial charge in [0.1, 0.15) is 0 Å². The lowest BCUT2D eigenvalue weighted by Crippen LogP contribution is -2.20. The van der Waals surface area contributed by atoms with Gasteiger partial charge in [0, 0.05) is 42.9 Å². The Hall–Kier alpha value is -1.55. The first-order valence-electron chi connectivity index (χ1n) is 6.40. The number of anilines is 2. The molecule has 0 unspecified atom stereocenters. The van der Waals surface area contributed by atoms with Gasteiger partial charge in [-0.1, -0.05) is 0 Å². The number of hydrogen-bond donors (Lipinski definition) is 2. The third-order valence-corrected chi connectivity index (χ3v) is 3.30. The molecule has 1 aromatic rings. The van der Waals surface area contributed by atoms with Crippen molar-refractivity contribution in [2.24, 2.45) is 4.99 Å². The summed E-state index contributed by atoms with van der Waals surface area (Å²) in [6.07, 6.45) is 2.01. The lowest BCUT2D eigenvalue weighted by molar-refractivity contribution is 0.0871. The first kappa shape index (κ1) is 12.9. The van der Waals surface area contributed by atoms with E-state index in [1.165, 1.54) is 0 Å². The minimum Gasteiger partial charge on any atom is -0.398 e. The molecule has 1 saturated heterocycles. The van der Waals surface area contributed by atoms with E-state index < -0.39 is 0 Å². The number of nitrogens with two attached hydrogens (primary N) is 1. The molecule has 4 heteroatoms. The van der Waals surface area contributed by atoms with Crippen molar-refractivity contribution in [3.05, 3.63) is 23.8 Å². The topological polar surface area (TPSA) is 59.6 Å². The highest BCUT2D eigenvalue weighted by Gasteiger charge is 2.13. The van der Waals surface area contributed by atoms with Gasteiger partial charge in [-0.3, -0.25) is 4.99 Å². The van der Waals surface area contributed by atoms with E-state index in [0.717, 1.165) is 48.7 Å². The summed E-state index contributed by atoms with van der Waals surface area (Å²) in [6, 6.07) is 6.37. The second kappa shape index (κ2) is 5.87. The maximum atomic E-state index is 6.06. The number of rotatable bonds is 3. The predicted octanol–water partition coefficient (Wildman–Crippen LogP) is 2.30. The molecule has 0 aliphatic carbocycles. The Bertz CT molecular complexity index is 437. The molecule has 3 N–H and O–H groups in total. The van der Waals surface area contributed by atoms with Crippen molar-refractivity contribution in [1.82, 2.24) is 0 Å². The molecule has 2 rings (SSSR count). The summed E-state index contributed by atoms with van der Waals surface area (Å²) in [6.45, 7) is 3.66. The summed E-state index contributed by atoms with van der Waals surface area (Å²) >= 11 is 0. The third-order valence-electron chi connectivity index (χ3n) is 3.30. The van der Waals surface area contributed by atoms with E-state index in [0.29, 0.717) is 6.04 Å². The summed E-state index contributed by atoms with van der Waals surface area (Å²) in [7, 11) is 1.89. The van der Waals surface area contributed by atoms with Crippen molar-refractivity contribution in [3.8, 4) is 0 Å². The zero-order valence-corrected chi connectivity index (χ0v) is 11.1. The average Bonchev–Trinajstić information content (AvgIpc) is 2.39. The molecule has 0 spiro atoms. The highest BCUT2D eigenvalue weighted by Crippen LogP contribution is 2.20. The quantitative estimate of drug-likeness (QED) is 0.636. The van der Waals surface area contributed by atoms with Crippen LogP contribution in [0.3, 0.4) is 0 Å². The molecular weight excluding hydrogens is 226 g/mol. The van der Waals surface area contributed by atoms with Crippen molar-refractivity contribution in [2.75, 3.05) is 31.3 Å². The van der Waals surface area contributed by atoms with Crippen LogP contribution in [-0.2, 0) is 4.74 Å². The molecular formula is C14H21N3O. The fourth-order valence-corrected chi connectivity index (χ4v) is 2.21. The smallest absolute Gasteiger partial charge is 0.0546 e. The Kier molecular flexibility index (Phi) is 4.20. The fraction of sp³-hybridized carbons (Fsp3) is 0.500. The van der Waals surface area contributed by atoms with Crippen molar-refractivity contribution < 1.29 is 4.74 Å². The van der Waals surface area contributed by atoms with Crippen LogP contribution in [0.1, 0.15) is 25.3 Å². The van der Waals surface area contributed by atoms with Crippen LogP contribution >= 0.6 is 0 Å². The first-order valence-corrected chi connectivity index (χ1v) is 6.40. The number of hydrogen-bond acceptors (Lipinski definition) is 4. The zero-order valence-electron chi connectivity index (χ0n) is 11.1. The summed E-state index contributed by atoms with van der Waals surface area (Å²) in [5.41, 5.74) is 9.90. The molecule has 1 aliphatic heterocycles. The van der Waals surface area contributed by atoms with Gasteiger partial charge < -0.3 is 15.8 Å². The second-order valence-corrected chi connectivity index (χ2v) is 4.61. The standard InChI is InChI=1S/C14H21N3O/c1-10(17-11-5-7-18-8-6-11)13-4-3-12(16-2)9-14(13)15/h3-4,9,11,16H,5-8,15H2,1-2H3. The van der Waals surface area contributed by atoms with Crippen LogP contribution in [0.4, 0.5) is 11.4 Å². The number of nitrogens with zero attached hydrogens (tertiary/aromatic N) is 1. The highest BCUT2D eigenvalue weighted by atomic mass is 16.5. The van der Waals surface area contributed by atoms with Gasteiger partial charge in [-0.15, -0.1) is 0 Å². The van der Waals surface area contributed by atoms with E-state index in [9.17, 15) is 0 Å². The van der Waals surface area contributed by atoms with E-state index in [1.807, 2.05) is 32.2 Å². The molecule has 0 atom stereocenters. The van der Waals surface area contributed by atoms with E-state index >= 15 is 0 Å². The molecule has 0 saturated carbocycles. The van der Waals surface area contributed by atoms with Crippen LogP contribution in [0.2, 0.25) is 0 Å². The summed E-state index contributed by atoms with van der Waals surface area (Å²) < 4.78 is 5.34. The van der Waals surface area contributed by atoms with Gasteiger partial charge in [0.2, 0.25) is 0 Å². The first-order chi connectivity index (χ1) is 8.70. The van der Waals surface area contributed by atoms with Gasteiger partial charge in [0.25, 0.3) is 0 Å². The van der Waals surface area contributed by atoms with Gasteiger partial charge in [0.15, 0.2) is 0 Å². The molecule has 98 valence electrons. The van der Waals surface area contributed by atoms with Crippen LogP contribution in [0, 0.1) is 0 Å². The van der Waals surface area contributed by atoms with Gasteiger partial charge in [-0.25, -0.2) is 0 Å². The molecule has 1 aliphatic rings. The summed E-state index contributed by atoms with van der Waals surface area (Å²) in [4.78, 5) is 4.76. The summed E-state index contributed by atoms with van der Waals surface area (Å²) in [5, 5.41) is 3.08. The Balaban J connectivity index is 2.16. The average molecular weight is 247 g/mol. The number of aliphatic imine (C=N–C) groups is 1. The lowest BCUT2D eigenvalue weighted by atomic mass is 10.1. The van der Waals surface area contributed by atoms with Crippen molar-refractivity contribution >= 4 is 17.1 Å². The molecule has 4 nitrogen and oxygen atoms in total. The molecule has 0 aromatic heterocycles. The molecule has 1 fully saturated rings.